The molecular formula is C24H31N3O4. The minimum atomic E-state index is -0.285. The van der Waals surface area contributed by atoms with Gasteiger partial charge in [0.1, 0.15) is 5.75 Å². The summed E-state index contributed by atoms with van der Waals surface area (Å²) >= 11 is 0. The maximum absolute atomic E-state index is 13.1. The van der Waals surface area contributed by atoms with E-state index in [4.69, 9.17) is 9.47 Å². The number of nitrogens with one attached hydrogen (secondary N) is 2. The maximum Gasteiger partial charge on any atom is 0.321 e. The van der Waals surface area contributed by atoms with Crippen LogP contribution in [0.2, 0.25) is 0 Å². The van der Waals surface area contributed by atoms with Gasteiger partial charge in [0.25, 0.3) is 0 Å². The van der Waals surface area contributed by atoms with Crippen molar-refractivity contribution in [3.05, 3.63) is 59.7 Å². The van der Waals surface area contributed by atoms with Gasteiger partial charge in [-0.3, -0.25) is 4.79 Å². The number of likely N-dealkylation sites (tertiary alicyclic amines) is 1. The summed E-state index contributed by atoms with van der Waals surface area (Å²) in [5.41, 5.74) is 2.97. The molecule has 1 fully saturated rings. The molecular weight excluding hydrogens is 394 g/mol. The van der Waals surface area contributed by atoms with Gasteiger partial charge >= 0.3 is 6.03 Å². The average Bonchev–Trinajstić information content (AvgIpc) is 2.79. The van der Waals surface area contributed by atoms with Crippen molar-refractivity contribution in [1.82, 2.24) is 10.2 Å². The molecule has 31 heavy (non-hydrogen) atoms. The van der Waals surface area contributed by atoms with Crippen molar-refractivity contribution in [2.24, 2.45) is 5.92 Å². The number of anilines is 1. The monoisotopic (exact) mass is 425 g/mol. The third kappa shape index (κ3) is 6.21. The van der Waals surface area contributed by atoms with E-state index in [1.165, 1.54) is 0 Å². The average molecular weight is 426 g/mol. The first-order valence-corrected chi connectivity index (χ1v) is 10.5. The van der Waals surface area contributed by atoms with Gasteiger partial charge in [-0.2, -0.15) is 0 Å². The van der Waals surface area contributed by atoms with Crippen LogP contribution in [0, 0.1) is 12.8 Å². The molecule has 2 N–H and O–H groups in total. The van der Waals surface area contributed by atoms with E-state index < -0.39 is 0 Å². The van der Waals surface area contributed by atoms with Crippen molar-refractivity contribution >= 4 is 17.6 Å². The second-order valence-electron chi connectivity index (χ2n) is 7.89. The number of nitrogens with zero attached hydrogens (tertiary/aromatic N) is 1. The van der Waals surface area contributed by atoms with E-state index in [9.17, 15) is 9.59 Å². The van der Waals surface area contributed by atoms with Crippen LogP contribution < -0.4 is 15.4 Å². The lowest BCUT2D eigenvalue weighted by molar-refractivity contribution is -0.126. The molecule has 0 radical (unpaired) electrons. The van der Waals surface area contributed by atoms with Gasteiger partial charge in [-0.25, -0.2) is 4.79 Å². The number of ether oxygens (including phenoxy) is 2. The fraction of sp³-hybridized carbons (Fsp3) is 0.417. The maximum atomic E-state index is 13.1. The van der Waals surface area contributed by atoms with Gasteiger partial charge in [-0.1, -0.05) is 35.9 Å². The summed E-state index contributed by atoms with van der Waals surface area (Å²) in [4.78, 5) is 27.6. The van der Waals surface area contributed by atoms with E-state index >= 15 is 0 Å². The Morgan fingerprint density at radius 1 is 1.10 bits per heavy atom. The number of aryl methyl sites for hydroxylation is 1. The molecule has 7 nitrogen and oxygen atoms in total. The quantitative estimate of drug-likeness (QED) is 0.667. The second-order valence-corrected chi connectivity index (χ2v) is 7.89. The Balaban J connectivity index is 1.76. The number of urea groups is 1. The van der Waals surface area contributed by atoms with Crippen molar-refractivity contribution in [2.75, 3.05) is 45.8 Å². The normalized spacial score (nSPS) is 18.4. The molecule has 2 aromatic carbocycles. The summed E-state index contributed by atoms with van der Waals surface area (Å²) in [5, 5.41) is 5.86. The minimum absolute atomic E-state index is 0.0476. The van der Waals surface area contributed by atoms with Crippen LogP contribution in [0.25, 0.3) is 0 Å². The Morgan fingerprint density at radius 2 is 1.90 bits per heavy atom. The van der Waals surface area contributed by atoms with Crippen molar-refractivity contribution in [1.29, 1.82) is 0 Å². The van der Waals surface area contributed by atoms with Crippen molar-refractivity contribution in [3.63, 3.8) is 0 Å². The number of amides is 3. The summed E-state index contributed by atoms with van der Waals surface area (Å²) < 4.78 is 10.3. The number of carbonyl (C=O) groups excluding carboxylic acids is 2. The Kier molecular flexibility index (Phi) is 7.89. The van der Waals surface area contributed by atoms with Gasteiger partial charge in [0.15, 0.2) is 0 Å². The van der Waals surface area contributed by atoms with Crippen LogP contribution >= 0.6 is 0 Å². The van der Waals surface area contributed by atoms with E-state index in [1.807, 2.05) is 24.3 Å². The highest BCUT2D eigenvalue weighted by atomic mass is 16.5. The van der Waals surface area contributed by atoms with E-state index in [1.54, 1.807) is 25.2 Å². The molecule has 0 saturated carbocycles. The molecule has 0 aliphatic carbocycles. The molecule has 166 valence electrons. The topological polar surface area (TPSA) is 79.9 Å². The Morgan fingerprint density at radius 3 is 2.65 bits per heavy atom. The zero-order valence-corrected chi connectivity index (χ0v) is 18.4. The SMILES string of the molecule is COCCNC(=O)C1CC(c2cccc(C)c2)CN(C(=O)Nc2cccc(OC)c2)C1. The number of hydrogen-bond donors (Lipinski definition) is 2. The summed E-state index contributed by atoms with van der Waals surface area (Å²) in [5.74, 6) is 0.424. The molecule has 3 rings (SSSR count). The van der Waals surface area contributed by atoms with E-state index in [0.717, 1.165) is 11.1 Å². The van der Waals surface area contributed by atoms with Gasteiger partial charge in [-0.05, 0) is 31.0 Å². The molecule has 1 heterocycles. The summed E-state index contributed by atoms with van der Waals surface area (Å²) in [6, 6.07) is 15.3. The smallest absolute Gasteiger partial charge is 0.321 e. The molecule has 1 aliphatic rings. The van der Waals surface area contributed by atoms with Gasteiger partial charge in [0.2, 0.25) is 5.91 Å². The van der Waals surface area contributed by atoms with Crippen LogP contribution in [0.1, 0.15) is 23.5 Å². The van der Waals surface area contributed by atoms with E-state index in [0.29, 0.717) is 44.1 Å². The predicted octanol–water partition coefficient (Wildman–Crippen LogP) is 3.40. The minimum Gasteiger partial charge on any atom is -0.497 e. The third-order valence-electron chi connectivity index (χ3n) is 5.55. The van der Waals surface area contributed by atoms with Crippen LogP contribution in [0.3, 0.4) is 0 Å². The molecule has 0 aromatic heterocycles. The zero-order valence-electron chi connectivity index (χ0n) is 18.4. The van der Waals surface area contributed by atoms with E-state index in [2.05, 4.69) is 35.8 Å². The van der Waals surface area contributed by atoms with Crippen molar-refractivity contribution in [3.8, 4) is 5.75 Å². The summed E-state index contributed by atoms with van der Waals surface area (Å²) in [6.07, 6.45) is 0.700. The van der Waals surface area contributed by atoms with Gasteiger partial charge in [0.05, 0.1) is 19.6 Å². The number of hydrogen-bond acceptors (Lipinski definition) is 4. The molecule has 1 aliphatic heterocycles. The lowest BCUT2D eigenvalue weighted by Crippen LogP contribution is -2.49. The number of methoxy groups -OCH3 is 2. The highest BCUT2D eigenvalue weighted by Gasteiger charge is 2.34. The van der Waals surface area contributed by atoms with Crippen molar-refractivity contribution < 1.29 is 19.1 Å². The fourth-order valence-electron chi connectivity index (χ4n) is 3.94. The standard InChI is InChI=1S/C24H31N3O4/c1-17-6-4-7-18(12-17)19-13-20(23(28)25-10-11-30-2)16-27(15-19)24(29)26-21-8-5-9-22(14-21)31-3/h4-9,12,14,19-20H,10-11,13,15-16H2,1-3H3,(H,25,28)(H,26,29). The number of benzene rings is 2. The largest absolute Gasteiger partial charge is 0.497 e. The first-order chi connectivity index (χ1) is 15.0. The van der Waals surface area contributed by atoms with E-state index in [-0.39, 0.29) is 23.8 Å². The van der Waals surface area contributed by atoms with Crippen LogP contribution in [0.4, 0.5) is 10.5 Å². The Hall–Kier alpha value is -3.06. The fourth-order valence-corrected chi connectivity index (χ4v) is 3.94. The first kappa shape index (κ1) is 22.6. The number of piperidine rings is 1. The molecule has 2 unspecified atom stereocenters. The summed E-state index contributed by atoms with van der Waals surface area (Å²) in [6.45, 7) is 3.89. The molecule has 7 heteroatoms. The molecule has 2 aromatic rings. The zero-order chi connectivity index (χ0) is 22.2. The molecule has 0 bridgehead atoms. The highest BCUT2D eigenvalue weighted by Crippen LogP contribution is 2.31. The first-order valence-electron chi connectivity index (χ1n) is 10.5. The lowest BCUT2D eigenvalue weighted by atomic mass is 9.83. The molecule has 1 saturated heterocycles. The predicted molar refractivity (Wildman–Crippen MR) is 120 cm³/mol. The van der Waals surface area contributed by atoms with Crippen LogP contribution in [-0.4, -0.2) is 57.3 Å². The third-order valence-corrected chi connectivity index (χ3v) is 5.55. The van der Waals surface area contributed by atoms with Crippen LogP contribution in [0.15, 0.2) is 48.5 Å². The number of rotatable bonds is 7. The molecule has 2 atom stereocenters. The van der Waals surface area contributed by atoms with Gasteiger partial charge in [-0.15, -0.1) is 0 Å². The molecule has 0 spiro atoms. The van der Waals surface area contributed by atoms with Gasteiger partial charge < -0.3 is 25.0 Å². The lowest BCUT2D eigenvalue weighted by Gasteiger charge is -2.37. The van der Waals surface area contributed by atoms with Gasteiger partial charge in [0, 0.05) is 44.4 Å². The Bertz CT molecular complexity index is 902. The highest BCUT2D eigenvalue weighted by molar-refractivity contribution is 5.90. The number of carbonyl (C=O) groups is 2. The molecule has 3 amide bonds. The summed E-state index contributed by atoms with van der Waals surface area (Å²) in [7, 11) is 3.19. The van der Waals surface area contributed by atoms with Crippen LogP contribution in [-0.2, 0) is 9.53 Å². The van der Waals surface area contributed by atoms with Crippen molar-refractivity contribution in [2.45, 2.75) is 19.3 Å². The Labute approximate surface area is 183 Å². The second kappa shape index (κ2) is 10.8. The van der Waals surface area contributed by atoms with Crippen LogP contribution in [0.5, 0.6) is 5.75 Å².